The van der Waals surface area contributed by atoms with Gasteiger partial charge in [-0.3, -0.25) is 4.79 Å². The van der Waals surface area contributed by atoms with Crippen molar-refractivity contribution in [2.75, 3.05) is 35.4 Å². The van der Waals surface area contributed by atoms with Gasteiger partial charge in [0, 0.05) is 19.7 Å². The number of hydrogen-bond acceptors (Lipinski definition) is 4. The summed E-state index contributed by atoms with van der Waals surface area (Å²) >= 11 is 7.97. The summed E-state index contributed by atoms with van der Waals surface area (Å²) in [5.41, 5.74) is 2.57. The van der Waals surface area contributed by atoms with Crippen molar-refractivity contribution in [3.05, 3.63) is 35.1 Å². The number of hydrogen-bond donors (Lipinski definition) is 0. The van der Waals surface area contributed by atoms with E-state index in [0.29, 0.717) is 16.3 Å². The number of carbonyl (C=O) groups excluding carboxylic acids is 1. The summed E-state index contributed by atoms with van der Waals surface area (Å²) in [6.07, 6.45) is 2.29. The molecular weight excluding hydrogens is 304 g/mol. The third-order valence-corrected chi connectivity index (χ3v) is 5.09. The lowest BCUT2D eigenvalue weighted by Crippen LogP contribution is -2.20. The van der Waals surface area contributed by atoms with Gasteiger partial charge in [0.1, 0.15) is 5.82 Å². The number of anilines is 2. The molecule has 3 nitrogen and oxygen atoms in total. The van der Waals surface area contributed by atoms with Gasteiger partial charge < -0.3 is 9.80 Å². The molecular formula is C16H21ClN2OS. The van der Waals surface area contributed by atoms with Crippen molar-refractivity contribution in [2.24, 2.45) is 0 Å². The minimum atomic E-state index is 0.0949. The Hall–Kier alpha value is -1.13. The van der Waals surface area contributed by atoms with E-state index in [4.69, 9.17) is 11.6 Å². The zero-order valence-electron chi connectivity index (χ0n) is 12.8. The topological polar surface area (TPSA) is 23.6 Å². The van der Waals surface area contributed by atoms with Crippen LogP contribution in [0.25, 0.3) is 0 Å². The number of benzene rings is 1. The van der Waals surface area contributed by atoms with Crippen molar-refractivity contribution in [3.8, 4) is 0 Å². The second-order valence-electron chi connectivity index (χ2n) is 5.18. The van der Waals surface area contributed by atoms with Crippen molar-refractivity contribution in [2.45, 2.75) is 19.8 Å². The van der Waals surface area contributed by atoms with Crippen LogP contribution in [-0.2, 0) is 0 Å². The van der Waals surface area contributed by atoms with Crippen LogP contribution in [0.15, 0.2) is 24.5 Å². The van der Waals surface area contributed by atoms with Crippen LogP contribution in [0.3, 0.4) is 0 Å². The number of Topliss-reactive ketones (excluding diaryl/α,β-unsaturated/α-hetero) is 1. The molecule has 0 unspecified atom stereocenters. The molecule has 0 radical (unpaired) electrons. The standard InChI is InChI=1S/C16H21ClN2OS/c1-5-6-7-21-10-16(20)12-8-14-15(9-13(12)17)19(4)11(2)18(14)3/h8-9H,2,5-7,10H2,1,3-4H3. The Kier molecular flexibility index (Phi) is 5.22. The Balaban J connectivity index is 2.19. The molecule has 0 aliphatic carbocycles. The number of thioether (sulfide) groups is 1. The summed E-state index contributed by atoms with van der Waals surface area (Å²) in [6, 6.07) is 3.74. The van der Waals surface area contributed by atoms with Gasteiger partial charge in [0.2, 0.25) is 0 Å². The second kappa shape index (κ2) is 6.75. The Morgan fingerprint density at radius 3 is 2.52 bits per heavy atom. The molecule has 0 aromatic heterocycles. The first-order valence-electron chi connectivity index (χ1n) is 7.08. The SMILES string of the molecule is C=C1N(C)c2cc(Cl)c(C(=O)CSCCCC)cc2N1C. The van der Waals surface area contributed by atoms with Crippen LogP contribution in [0.1, 0.15) is 30.1 Å². The third-order valence-electron chi connectivity index (χ3n) is 3.74. The van der Waals surface area contributed by atoms with Crippen LogP contribution in [-0.4, -0.2) is 31.4 Å². The van der Waals surface area contributed by atoms with Crippen LogP contribution in [0.2, 0.25) is 5.02 Å². The van der Waals surface area contributed by atoms with Crippen LogP contribution in [0.4, 0.5) is 11.4 Å². The number of fused-ring (bicyclic) bond motifs is 1. The minimum absolute atomic E-state index is 0.0949. The highest BCUT2D eigenvalue weighted by molar-refractivity contribution is 7.99. The molecule has 1 aliphatic rings. The van der Waals surface area contributed by atoms with E-state index in [9.17, 15) is 4.79 Å². The molecule has 0 atom stereocenters. The molecule has 0 N–H and O–H groups in total. The average molecular weight is 325 g/mol. The fourth-order valence-corrected chi connectivity index (χ4v) is 3.54. The van der Waals surface area contributed by atoms with E-state index in [-0.39, 0.29) is 5.78 Å². The van der Waals surface area contributed by atoms with E-state index in [1.165, 1.54) is 0 Å². The number of rotatable bonds is 6. The highest BCUT2D eigenvalue weighted by Gasteiger charge is 2.27. The lowest BCUT2D eigenvalue weighted by atomic mass is 10.1. The van der Waals surface area contributed by atoms with Crippen LogP contribution in [0.5, 0.6) is 0 Å². The van der Waals surface area contributed by atoms with Gasteiger partial charge >= 0.3 is 0 Å². The van der Waals surface area contributed by atoms with Crippen LogP contribution < -0.4 is 9.80 Å². The molecule has 0 fully saturated rings. The number of ketones is 1. The number of nitrogens with zero attached hydrogens (tertiary/aromatic N) is 2. The highest BCUT2D eigenvalue weighted by Crippen LogP contribution is 2.42. The van der Waals surface area contributed by atoms with Crippen LogP contribution >= 0.6 is 23.4 Å². The van der Waals surface area contributed by atoms with E-state index in [0.717, 1.165) is 35.8 Å². The molecule has 5 heteroatoms. The van der Waals surface area contributed by atoms with Gasteiger partial charge in [-0.15, -0.1) is 0 Å². The van der Waals surface area contributed by atoms with Crippen molar-refractivity contribution < 1.29 is 4.79 Å². The number of unbranched alkanes of at least 4 members (excludes halogenated alkanes) is 1. The fourth-order valence-electron chi connectivity index (χ4n) is 2.29. The number of carbonyl (C=O) groups is 1. The van der Waals surface area contributed by atoms with Crippen molar-refractivity contribution in [1.29, 1.82) is 0 Å². The first-order valence-corrected chi connectivity index (χ1v) is 8.61. The zero-order valence-corrected chi connectivity index (χ0v) is 14.4. The third kappa shape index (κ3) is 3.22. The molecule has 0 bridgehead atoms. The fraction of sp³-hybridized carbons (Fsp3) is 0.438. The summed E-state index contributed by atoms with van der Waals surface area (Å²) in [5, 5.41) is 0.518. The van der Waals surface area contributed by atoms with Gasteiger partial charge in [0.05, 0.1) is 22.2 Å². The molecule has 1 heterocycles. The Morgan fingerprint density at radius 2 is 1.90 bits per heavy atom. The summed E-state index contributed by atoms with van der Waals surface area (Å²) in [7, 11) is 3.89. The summed E-state index contributed by atoms with van der Waals surface area (Å²) in [4.78, 5) is 16.3. The maximum atomic E-state index is 12.3. The van der Waals surface area contributed by atoms with Crippen molar-refractivity contribution >= 4 is 40.5 Å². The normalized spacial score (nSPS) is 13.8. The van der Waals surface area contributed by atoms with Gasteiger partial charge in [-0.2, -0.15) is 11.8 Å². The lowest BCUT2D eigenvalue weighted by Gasteiger charge is -2.15. The molecule has 1 aromatic rings. The zero-order chi connectivity index (χ0) is 15.6. The molecule has 114 valence electrons. The maximum Gasteiger partial charge on any atom is 0.174 e. The van der Waals surface area contributed by atoms with Gasteiger partial charge in [0.15, 0.2) is 5.78 Å². The molecule has 0 spiro atoms. The van der Waals surface area contributed by atoms with E-state index in [1.54, 1.807) is 11.8 Å². The number of halogens is 1. The van der Waals surface area contributed by atoms with Crippen LogP contribution in [0, 0.1) is 0 Å². The predicted molar refractivity (Wildman–Crippen MR) is 94.0 cm³/mol. The quantitative estimate of drug-likeness (QED) is 0.571. The Labute approximate surface area is 135 Å². The largest absolute Gasteiger partial charge is 0.330 e. The summed E-state index contributed by atoms with van der Waals surface area (Å²) in [6.45, 7) is 6.18. The molecule has 0 amide bonds. The van der Waals surface area contributed by atoms with E-state index >= 15 is 0 Å². The second-order valence-corrected chi connectivity index (χ2v) is 6.70. The maximum absolute atomic E-state index is 12.3. The first kappa shape index (κ1) is 16.2. The predicted octanol–water partition coefficient (Wildman–Crippen LogP) is 4.41. The summed E-state index contributed by atoms with van der Waals surface area (Å²) < 4.78 is 0. The van der Waals surface area contributed by atoms with Gasteiger partial charge in [-0.25, -0.2) is 0 Å². The molecule has 0 saturated heterocycles. The molecule has 0 saturated carbocycles. The molecule has 21 heavy (non-hydrogen) atoms. The smallest absolute Gasteiger partial charge is 0.174 e. The molecule has 1 aliphatic heterocycles. The molecule has 2 rings (SSSR count). The highest BCUT2D eigenvalue weighted by atomic mass is 35.5. The average Bonchev–Trinajstić information content (AvgIpc) is 2.67. The first-order chi connectivity index (χ1) is 9.97. The van der Waals surface area contributed by atoms with Crippen molar-refractivity contribution in [1.82, 2.24) is 0 Å². The van der Waals surface area contributed by atoms with E-state index in [1.807, 2.05) is 36.0 Å². The summed E-state index contributed by atoms with van der Waals surface area (Å²) in [5.74, 6) is 2.48. The monoisotopic (exact) mass is 324 g/mol. The van der Waals surface area contributed by atoms with E-state index in [2.05, 4.69) is 13.5 Å². The van der Waals surface area contributed by atoms with E-state index < -0.39 is 0 Å². The van der Waals surface area contributed by atoms with Gasteiger partial charge in [0.25, 0.3) is 0 Å². The Morgan fingerprint density at radius 1 is 1.29 bits per heavy atom. The Bertz CT molecular complexity index is 574. The van der Waals surface area contributed by atoms with Gasteiger partial charge in [-0.05, 0) is 24.3 Å². The minimum Gasteiger partial charge on any atom is -0.330 e. The van der Waals surface area contributed by atoms with Gasteiger partial charge in [-0.1, -0.05) is 31.5 Å². The lowest BCUT2D eigenvalue weighted by molar-refractivity contribution is 0.102. The van der Waals surface area contributed by atoms with Crippen molar-refractivity contribution in [3.63, 3.8) is 0 Å². The molecule has 1 aromatic carbocycles.